The Bertz CT molecular complexity index is 1230. The Morgan fingerprint density at radius 3 is 2.18 bits per heavy atom. The molecule has 0 aliphatic heterocycles. The Hall–Kier alpha value is -2.73. The van der Waals surface area contributed by atoms with E-state index in [-0.39, 0.29) is 34.3 Å². The van der Waals surface area contributed by atoms with Gasteiger partial charge in [0.25, 0.3) is 6.43 Å². The average Bonchev–Trinajstić information content (AvgIpc) is 3.20. The van der Waals surface area contributed by atoms with Gasteiger partial charge in [-0.2, -0.15) is 18.3 Å². The highest BCUT2D eigenvalue weighted by Crippen LogP contribution is 2.40. The fraction of sp³-hybridized carbons (Fsp3) is 0.381. The molecule has 0 saturated heterocycles. The molecule has 2 atom stereocenters. The van der Waals surface area contributed by atoms with Crippen LogP contribution in [0.3, 0.4) is 0 Å². The van der Waals surface area contributed by atoms with Gasteiger partial charge in [0.15, 0.2) is 0 Å². The number of rotatable bonds is 8. The van der Waals surface area contributed by atoms with Gasteiger partial charge in [-0.05, 0) is 43.2 Å². The molecule has 0 fully saturated rings. The summed E-state index contributed by atoms with van der Waals surface area (Å²) in [6.07, 6.45) is -9.08. The van der Waals surface area contributed by atoms with Gasteiger partial charge in [-0.1, -0.05) is 25.1 Å². The third-order valence-corrected chi connectivity index (χ3v) is 6.91. The Kier molecular flexibility index (Phi) is 6.72. The SMILES string of the molecule is CCC(c1ccc(C(F)(F)F)cc1)(C(O)C(F)F)n1ncc2c(NS(=O)(=O)CC)cccc21. The Morgan fingerprint density at radius 2 is 1.67 bits per heavy atom. The number of nitrogens with one attached hydrogen (secondary N) is 1. The smallest absolute Gasteiger partial charge is 0.384 e. The molecule has 0 aliphatic rings. The van der Waals surface area contributed by atoms with Crippen LogP contribution in [0.4, 0.5) is 27.6 Å². The van der Waals surface area contributed by atoms with E-state index in [2.05, 4.69) is 9.82 Å². The largest absolute Gasteiger partial charge is 0.416 e. The minimum Gasteiger partial charge on any atom is -0.384 e. The molecule has 0 aliphatic carbocycles. The van der Waals surface area contributed by atoms with Crippen LogP contribution in [0.15, 0.2) is 48.7 Å². The molecule has 0 saturated carbocycles. The van der Waals surface area contributed by atoms with Gasteiger partial charge in [-0.15, -0.1) is 0 Å². The summed E-state index contributed by atoms with van der Waals surface area (Å²) in [5, 5.41) is 15.1. The topological polar surface area (TPSA) is 84.2 Å². The number of benzene rings is 2. The van der Waals surface area contributed by atoms with Crippen molar-refractivity contribution in [2.75, 3.05) is 10.5 Å². The molecule has 12 heteroatoms. The number of anilines is 1. The van der Waals surface area contributed by atoms with Crippen LogP contribution in [0.2, 0.25) is 0 Å². The summed E-state index contributed by atoms with van der Waals surface area (Å²) in [5.74, 6) is -0.202. The van der Waals surface area contributed by atoms with E-state index in [0.29, 0.717) is 0 Å². The van der Waals surface area contributed by atoms with Crippen molar-refractivity contribution in [3.8, 4) is 0 Å². The maximum absolute atomic E-state index is 13.8. The maximum atomic E-state index is 13.8. The average molecular weight is 491 g/mol. The summed E-state index contributed by atoms with van der Waals surface area (Å²) >= 11 is 0. The fourth-order valence-electron chi connectivity index (χ4n) is 3.84. The zero-order valence-corrected chi connectivity index (χ0v) is 18.5. The lowest BCUT2D eigenvalue weighted by Gasteiger charge is -2.38. The van der Waals surface area contributed by atoms with E-state index in [0.717, 1.165) is 28.9 Å². The van der Waals surface area contributed by atoms with Crippen LogP contribution in [0.1, 0.15) is 31.4 Å². The number of hydrogen-bond acceptors (Lipinski definition) is 4. The van der Waals surface area contributed by atoms with E-state index < -0.39 is 39.8 Å². The lowest BCUT2D eigenvalue weighted by Crippen LogP contribution is -2.49. The lowest BCUT2D eigenvalue weighted by atomic mass is 9.81. The predicted octanol–water partition coefficient (Wildman–Crippen LogP) is 4.60. The number of aromatic nitrogens is 2. The van der Waals surface area contributed by atoms with Gasteiger partial charge in [0, 0.05) is 5.39 Å². The highest BCUT2D eigenvalue weighted by molar-refractivity contribution is 7.92. The molecule has 0 bridgehead atoms. The molecular formula is C21H22F5N3O3S. The molecule has 0 radical (unpaired) electrons. The molecule has 1 aromatic heterocycles. The molecule has 2 aromatic carbocycles. The Labute approximate surface area is 187 Å². The van der Waals surface area contributed by atoms with E-state index in [9.17, 15) is 35.5 Å². The first-order chi connectivity index (χ1) is 15.4. The molecule has 6 nitrogen and oxygen atoms in total. The molecule has 0 spiro atoms. The van der Waals surface area contributed by atoms with Crippen LogP contribution >= 0.6 is 0 Å². The molecule has 0 amide bonds. The van der Waals surface area contributed by atoms with Crippen LogP contribution < -0.4 is 4.72 Å². The number of aliphatic hydroxyl groups excluding tert-OH is 1. The molecule has 3 aromatic rings. The number of halogens is 5. The normalized spacial score (nSPS) is 15.5. The number of sulfonamides is 1. The fourth-order valence-corrected chi connectivity index (χ4v) is 4.49. The van der Waals surface area contributed by atoms with E-state index in [1.54, 1.807) is 0 Å². The maximum Gasteiger partial charge on any atom is 0.416 e. The first-order valence-electron chi connectivity index (χ1n) is 9.99. The first kappa shape index (κ1) is 24.9. The molecule has 33 heavy (non-hydrogen) atoms. The Balaban J connectivity index is 2.26. The number of fused-ring (bicyclic) bond motifs is 1. The second kappa shape index (κ2) is 8.90. The van der Waals surface area contributed by atoms with Crippen molar-refractivity contribution in [2.45, 2.75) is 44.5 Å². The lowest BCUT2D eigenvalue weighted by molar-refractivity contribution is -0.137. The van der Waals surface area contributed by atoms with Crippen molar-refractivity contribution in [3.05, 3.63) is 59.8 Å². The molecule has 180 valence electrons. The number of aliphatic hydroxyl groups is 1. The predicted molar refractivity (Wildman–Crippen MR) is 114 cm³/mol. The first-order valence-corrected chi connectivity index (χ1v) is 11.6. The van der Waals surface area contributed by atoms with Gasteiger partial charge >= 0.3 is 6.18 Å². The van der Waals surface area contributed by atoms with E-state index in [1.165, 1.54) is 38.2 Å². The zero-order chi connectivity index (χ0) is 24.6. The van der Waals surface area contributed by atoms with Crippen molar-refractivity contribution in [1.82, 2.24) is 9.78 Å². The molecule has 3 rings (SSSR count). The molecular weight excluding hydrogens is 469 g/mol. The van der Waals surface area contributed by atoms with Gasteiger partial charge in [0.05, 0.1) is 28.7 Å². The van der Waals surface area contributed by atoms with Crippen LogP contribution in [0.25, 0.3) is 10.9 Å². The van der Waals surface area contributed by atoms with Crippen LogP contribution in [0, 0.1) is 0 Å². The van der Waals surface area contributed by atoms with Crippen molar-refractivity contribution in [2.24, 2.45) is 0 Å². The highest BCUT2D eigenvalue weighted by atomic mass is 32.2. The number of nitrogens with zero attached hydrogens (tertiary/aromatic N) is 2. The van der Waals surface area contributed by atoms with Crippen LogP contribution in [-0.2, 0) is 21.7 Å². The summed E-state index contributed by atoms with van der Waals surface area (Å²) in [6.45, 7) is 2.94. The highest BCUT2D eigenvalue weighted by Gasteiger charge is 2.47. The Morgan fingerprint density at radius 1 is 1.06 bits per heavy atom. The molecule has 1 heterocycles. The van der Waals surface area contributed by atoms with Gasteiger partial charge in [0.1, 0.15) is 11.6 Å². The number of hydrogen-bond donors (Lipinski definition) is 2. The summed E-state index contributed by atoms with van der Waals surface area (Å²) in [5.41, 5.74) is -2.53. The summed E-state index contributed by atoms with van der Waals surface area (Å²) in [6, 6.07) is 8.03. The monoisotopic (exact) mass is 491 g/mol. The van der Waals surface area contributed by atoms with Crippen molar-refractivity contribution < 1.29 is 35.5 Å². The standard InChI is InChI=1S/C21H22F5N3O3S/c1-3-20(18(30)19(22)23,13-8-10-14(11-9-13)21(24,25)26)29-17-7-5-6-16(15(17)12-27-29)28-33(31,32)4-2/h5-12,18-19,28,30H,3-4H2,1-2H3. The van der Waals surface area contributed by atoms with Gasteiger partial charge in [0.2, 0.25) is 10.0 Å². The van der Waals surface area contributed by atoms with Crippen molar-refractivity contribution >= 4 is 26.6 Å². The summed E-state index contributed by atoms with van der Waals surface area (Å²) < 4.78 is 94.4. The third kappa shape index (κ3) is 4.54. The summed E-state index contributed by atoms with van der Waals surface area (Å²) in [7, 11) is -3.66. The number of alkyl halides is 5. The van der Waals surface area contributed by atoms with E-state index in [1.807, 2.05) is 0 Å². The van der Waals surface area contributed by atoms with Gasteiger partial charge in [-0.3, -0.25) is 9.40 Å². The minimum atomic E-state index is -4.63. The third-order valence-electron chi connectivity index (χ3n) is 5.62. The van der Waals surface area contributed by atoms with Gasteiger partial charge < -0.3 is 5.11 Å². The quantitative estimate of drug-likeness (QED) is 0.452. The summed E-state index contributed by atoms with van der Waals surface area (Å²) in [4.78, 5) is 0. The van der Waals surface area contributed by atoms with Crippen molar-refractivity contribution in [1.29, 1.82) is 0 Å². The van der Waals surface area contributed by atoms with E-state index in [4.69, 9.17) is 0 Å². The van der Waals surface area contributed by atoms with Crippen LogP contribution in [-0.4, -0.2) is 41.6 Å². The van der Waals surface area contributed by atoms with Crippen LogP contribution in [0.5, 0.6) is 0 Å². The second-order valence-electron chi connectivity index (χ2n) is 7.43. The minimum absolute atomic E-state index is 0.00431. The van der Waals surface area contributed by atoms with Gasteiger partial charge in [-0.25, -0.2) is 17.2 Å². The molecule has 2 unspecified atom stereocenters. The second-order valence-corrected chi connectivity index (χ2v) is 9.44. The molecule has 2 N–H and O–H groups in total. The van der Waals surface area contributed by atoms with Crippen molar-refractivity contribution in [3.63, 3.8) is 0 Å². The van der Waals surface area contributed by atoms with E-state index >= 15 is 0 Å². The zero-order valence-electron chi connectivity index (χ0n) is 17.6.